The lowest BCUT2D eigenvalue weighted by Crippen LogP contribution is -2.53. The minimum atomic E-state index is -1.71. The maximum Gasteiger partial charge on any atom is 0.261 e. The van der Waals surface area contributed by atoms with Gasteiger partial charge in [0.1, 0.15) is 6.04 Å². The molecule has 3 amide bonds. The van der Waals surface area contributed by atoms with Crippen LogP contribution >= 0.6 is 0 Å². The van der Waals surface area contributed by atoms with E-state index in [2.05, 4.69) is 5.32 Å². The molecule has 122 valence electrons. The summed E-state index contributed by atoms with van der Waals surface area (Å²) >= 11 is 0. The Balaban J connectivity index is 2.10. The number of benzene rings is 1. The van der Waals surface area contributed by atoms with Crippen molar-refractivity contribution in [2.24, 2.45) is 0 Å². The second-order valence-electron chi connectivity index (χ2n) is 5.30. The zero-order chi connectivity index (χ0) is 17.0. The van der Waals surface area contributed by atoms with Crippen LogP contribution in [0.25, 0.3) is 0 Å². The van der Waals surface area contributed by atoms with Crippen LogP contribution in [0.4, 0.5) is 5.69 Å². The summed E-state index contributed by atoms with van der Waals surface area (Å²) in [7, 11) is 0. The molecule has 1 fully saturated rings. The molecule has 2 heterocycles. The summed E-state index contributed by atoms with van der Waals surface area (Å²) < 4.78 is 0. The molecule has 10 heteroatoms. The number of rotatable bonds is 1. The van der Waals surface area contributed by atoms with E-state index in [1.165, 1.54) is 0 Å². The number of nitrogens with one attached hydrogen (secondary N) is 1. The van der Waals surface area contributed by atoms with Crippen LogP contribution in [-0.4, -0.2) is 49.1 Å². The van der Waals surface area contributed by atoms with Gasteiger partial charge in [-0.15, -0.1) is 0 Å². The van der Waals surface area contributed by atoms with Crippen LogP contribution in [-0.2, 0) is 9.59 Å². The number of carbonyl (C=O) groups is 3. The summed E-state index contributed by atoms with van der Waals surface area (Å²) in [5.41, 5.74) is 4.32. The number of hydrogen-bond acceptors (Lipinski definition) is 8. The lowest BCUT2D eigenvalue weighted by atomic mass is 10.0. The Morgan fingerprint density at radius 3 is 2.35 bits per heavy atom. The molecule has 10 nitrogen and oxygen atoms in total. The van der Waals surface area contributed by atoms with Gasteiger partial charge in [0.2, 0.25) is 17.6 Å². The van der Waals surface area contributed by atoms with Gasteiger partial charge in [-0.1, -0.05) is 0 Å². The molecule has 2 unspecified atom stereocenters. The molecule has 0 saturated carbocycles. The quantitative estimate of drug-likeness (QED) is 0.159. The standard InChI is InChI=1S/C13H13N3O7/c14-7-5-6(8(18)10(20)9(7)19)13(23)16(12(5)22)3-1-2-4(17)15-11(3)21/h3,12,18-20,22H,1-2,14H2,(H,15,17,21). The first-order valence-corrected chi connectivity index (χ1v) is 6.66. The maximum absolute atomic E-state index is 12.5. The van der Waals surface area contributed by atoms with Crippen LogP contribution in [0.3, 0.4) is 0 Å². The number of hydrogen-bond donors (Lipinski definition) is 6. The highest BCUT2D eigenvalue weighted by Gasteiger charge is 2.48. The van der Waals surface area contributed by atoms with E-state index in [9.17, 15) is 34.8 Å². The van der Waals surface area contributed by atoms with E-state index < -0.39 is 58.5 Å². The molecule has 3 rings (SSSR count). The Kier molecular flexibility index (Phi) is 3.08. The molecular weight excluding hydrogens is 310 g/mol. The summed E-state index contributed by atoms with van der Waals surface area (Å²) in [6.07, 6.45) is -1.75. The highest BCUT2D eigenvalue weighted by molar-refractivity contribution is 6.08. The fraction of sp³-hybridized carbons (Fsp3) is 0.308. The number of phenolic OH excluding ortho intramolecular Hbond substituents is 3. The highest BCUT2D eigenvalue weighted by Crippen LogP contribution is 2.51. The first kappa shape index (κ1) is 14.9. The second kappa shape index (κ2) is 4.74. The Morgan fingerprint density at radius 1 is 1.09 bits per heavy atom. The summed E-state index contributed by atoms with van der Waals surface area (Å²) in [5, 5.41) is 41.5. The molecule has 0 bridgehead atoms. The van der Waals surface area contributed by atoms with Gasteiger partial charge >= 0.3 is 0 Å². The zero-order valence-corrected chi connectivity index (χ0v) is 11.6. The third-order valence-electron chi connectivity index (χ3n) is 4.02. The van der Waals surface area contributed by atoms with Gasteiger partial charge < -0.3 is 26.2 Å². The number of nitrogen functional groups attached to an aromatic ring is 1. The third-order valence-corrected chi connectivity index (χ3v) is 4.02. The summed E-state index contributed by atoms with van der Waals surface area (Å²) in [5.74, 6) is -5.02. The molecule has 1 aromatic carbocycles. The lowest BCUT2D eigenvalue weighted by molar-refractivity contribution is -0.139. The second-order valence-corrected chi connectivity index (χ2v) is 5.30. The SMILES string of the molecule is Nc1c(O)c(O)c(O)c2c1C(O)N(C1CCC(=O)NC1=O)C2=O. The van der Waals surface area contributed by atoms with Gasteiger partial charge in [0.25, 0.3) is 5.91 Å². The number of nitrogens with zero attached hydrogens (tertiary/aromatic N) is 1. The van der Waals surface area contributed by atoms with Crippen molar-refractivity contribution >= 4 is 23.4 Å². The van der Waals surface area contributed by atoms with E-state index >= 15 is 0 Å². The number of aromatic hydroxyl groups is 3. The summed E-state index contributed by atoms with van der Waals surface area (Å²) in [6.45, 7) is 0. The van der Waals surface area contributed by atoms with Crippen molar-refractivity contribution in [2.75, 3.05) is 5.73 Å². The first-order valence-electron chi connectivity index (χ1n) is 6.66. The topological polar surface area (TPSA) is 173 Å². The number of aliphatic hydroxyl groups excluding tert-OH is 1. The largest absolute Gasteiger partial charge is 0.504 e. The molecule has 0 spiro atoms. The minimum Gasteiger partial charge on any atom is -0.504 e. The fourth-order valence-electron chi connectivity index (χ4n) is 2.87. The van der Waals surface area contributed by atoms with Crippen molar-refractivity contribution < 1.29 is 34.8 Å². The number of imide groups is 1. The molecule has 0 aromatic heterocycles. The Hall–Kier alpha value is -3.01. The monoisotopic (exact) mass is 323 g/mol. The Morgan fingerprint density at radius 2 is 1.74 bits per heavy atom. The van der Waals surface area contributed by atoms with Gasteiger partial charge in [-0.25, -0.2) is 0 Å². The third kappa shape index (κ3) is 1.88. The molecule has 2 aliphatic rings. The number of carbonyl (C=O) groups excluding carboxylic acids is 3. The van der Waals surface area contributed by atoms with Crippen molar-refractivity contribution in [3.8, 4) is 17.2 Å². The number of aliphatic hydroxyl groups is 1. The molecule has 2 aliphatic heterocycles. The molecule has 1 saturated heterocycles. The maximum atomic E-state index is 12.5. The smallest absolute Gasteiger partial charge is 0.261 e. The van der Waals surface area contributed by atoms with E-state index in [0.29, 0.717) is 0 Å². The average molecular weight is 323 g/mol. The fourth-order valence-corrected chi connectivity index (χ4v) is 2.87. The molecule has 1 aromatic rings. The number of fused-ring (bicyclic) bond motifs is 1. The lowest BCUT2D eigenvalue weighted by Gasteiger charge is -2.31. The van der Waals surface area contributed by atoms with Crippen molar-refractivity contribution in [3.63, 3.8) is 0 Å². The minimum absolute atomic E-state index is 0.0138. The molecule has 7 N–H and O–H groups in total. The predicted molar refractivity (Wildman–Crippen MR) is 73.1 cm³/mol. The number of piperidine rings is 1. The van der Waals surface area contributed by atoms with Crippen LogP contribution in [0.15, 0.2) is 0 Å². The molecule has 2 atom stereocenters. The van der Waals surface area contributed by atoms with Crippen molar-refractivity contribution in [1.29, 1.82) is 0 Å². The van der Waals surface area contributed by atoms with Crippen LogP contribution in [0.2, 0.25) is 0 Å². The van der Waals surface area contributed by atoms with Gasteiger partial charge in [0.05, 0.1) is 11.3 Å². The van der Waals surface area contributed by atoms with Crippen LogP contribution in [0, 0.1) is 0 Å². The van der Waals surface area contributed by atoms with Crippen molar-refractivity contribution in [1.82, 2.24) is 10.2 Å². The highest BCUT2D eigenvalue weighted by atomic mass is 16.3. The van der Waals surface area contributed by atoms with E-state index in [1.807, 2.05) is 0 Å². The normalized spacial score (nSPS) is 23.9. The van der Waals surface area contributed by atoms with Gasteiger partial charge in [-0.2, -0.15) is 0 Å². The first-order chi connectivity index (χ1) is 10.8. The number of phenols is 3. The summed E-state index contributed by atoms with van der Waals surface area (Å²) in [4.78, 5) is 36.3. The van der Waals surface area contributed by atoms with Crippen molar-refractivity contribution in [2.45, 2.75) is 25.1 Å². The van der Waals surface area contributed by atoms with E-state index in [4.69, 9.17) is 5.73 Å². The number of anilines is 1. The van der Waals surface area contributed by atoms with Crippen molar-refractivity contribution in [3.05, 3.63) is 11.1 Å². The Labute approximate surface area is 128 Å². The van der Waals surface area contributed by atoms with Crippen LogP contribution in [0.5, 0.6) is 17.2 Å². The number of nitrogens with two attached hydrogens (primary N) is 1. The average Bonchev–Trinajstić information content (AvgIpc) is 2.75. The molecule has 23 heavy (non-hydrogen) atoms. The number of amides is 3. The van der Waals surface area contributed by atoms with Gasteiger partial charge in [-0.3, -0.25) is 24.6 Å². The predicted octanol–water partition coefficient (Wildman–Crippen LogP) is -1.36. The zero-order valence-electron chi connectivity index (χ0n) is 11.6. The summed E-state index contributed by atoms with van der Waals surface area (Å²) in [6, 6.07) is -1.15. The van der Waals surface area contributed by atoms with E-state index in [1.54, 1.807) is 0 Å². The van der Waals surface area contributed by atoms with Gasteiger partial charge in [0, 0.05) is 12.0 Å². The Bertz CT molecular complexity index is 761. The van der Waals surface area contributed by atoms with E-state index in [-0.39, 0.29) is 18.4 Å². The van der Waals surface area contributed by atoms with Crippen LogP contribution < -0.4 is 11.1 Å². The van der Waals surface area contributed by atoms with Crippen LogP contribution in [0.1, 0.15) is 35.0 Å². The molecule has 0 aliphatic carbocycles. The van der Waals surface area contributed by atoms with E-state index in [0.717, 1.165) is 4.90 Å². The van der Waals surface area contributed by atoms with Gasteiger partial charge in [-0.05, 0) is 6.42 Å². The molecular formula is C13H13N3O7. The van der Waals surface area contributed by atoms with Gasteiger partial charge in [0.15, 0.2) is 17.7 Å². The molecule has 0 radical (unpaired) electrons.